The fourth-order valence-electron chi connectivity index (χ4n) is 5.43. The number of rotatable bonds is 2. The number of fused-ring (bicyclic) bond motifs is 4. The first-order valence-corrected chi connectivity index (χ1v) is 10.1. The van der Waals surface area contributed by atoms with Crippen LogP contribution in [0, 0.1) is 11.8 Å². The van der Waals surface area contributed by atoms with Crippen LogP contribution in [-0.2, 0) is 9.59 Å². The van der Waals surface area contributed by atoms with E-state index in [0.29, 0.717) is 36.2 Å². The van der Waals surface area contributed by atoms with Crippen LogP contribution in [-0.4, -0.2) is 96.9 Å². The number of carbonyl (C=O) groups excluding carboxylic acids is 2. The summed E-state index contributed by atoms with van der Waals surface area (Å²) in [6.07, 6.45) is 5.26. The lowest BCUT2D eigenvalue weighted by Gasteiger charge is -2.52. The molecule has 2 bridgehead atoms. The molecule has 25 heavy (non-hydrogen) atoms. The van der Waals surface area contributed by atoms with Crippen LogP contribution in [0.1, 0.15) is 32.1 Å². The van der Waals surface area contributed by atoms with Crippen molar-refractivity contribution in [3.63, 3.8) is 0 Å². The van der Waals surface area contributed by atoms with Gasteiger partial charge in [-0.2, -0.15) is 0 Å². The molecule has 140 valence electrons. The van der Waals surface area contributed by atoms with Gasteiger partial charge in [0.2, 0.25) is 11.8 Å². The molecule has 4 rings (SSSR count). The minimum absolute atomic E-state index is 0.298. The van der Waals surface area contributed by atoms with Gasteiger partial charge in [0, 0.05) is 51.7 Å². The predicted molar refractivity (Wildman–Crippen MR) is 96.1 cm³/mol. The number of likely N-dealkylation sites (N-methyl/N-ethyl adjacent to an activating group) is 1. The van der Waals surface area contributed by atoms with Gasteiger partial charge in [-0.15, -0.1) is 0 Å². The summed E-state index contributed by atoms with van der Waals surface area (Å²) in [6, 6.07) is 0.433. The Morgan fingerprint density at radius 2 is 1.96 bits per heavy atom. The van der Waals surface area contributed by atoms with E-state index in [9.17, 15) is 9.59 Å². The molecule has 0 aromatic heterocycles. The summed E-state index contributed by atoms with van der Waals surface area (Å²) in [4.78, 5) is 33.9. The maximum Gasteiger partial charge on any atom is 0.236 e. The smallest absolute Gasteiger partial charge is 0.236 e. The molecule has 0 aliphatic carbocycles. The van der Waals surface area contributed by atoms with Gasteiger partial charge >= 0.3 is 0 Å². The third-order valence-corrected chi connectivity index (χ3v) is 6.69. The monoisotopic (exact) mass is 348 g/mol. The molecule has 4 fully saturated rings. The van der Waals surface area contributed by atoms with Gasteiger partial charge in [0.1, 0.15) is 0 Å². The molecule has 2 amide bonds. The highest BCUT2D eigenvalue weighted by Gasteiger charge is 2.44. The average molecular weight is 348 g/mol. The van der Waals surface area contributed by atoms with Gasteiger partial charge in [-0.1, -0.05) is 0 Å². The van der Waals surface area contributed by atoms with Crippen LogP contribution in [0.15, 0.2) is 0 Å². The largest absolute Gasteiger partial charge is 0.340 e. The first-order valence-electron chi connectivity index (χ1n) is 10.1. The van der Waals surface area contributed by atoms with Gasteiger partial charge in [-0.25, -0.2) is 0 Å². The van der Waals surface area contributed by atoms with E-state index in [1.165, 1.54) is 6.42 Å². The summed E-state index contributed by atoms with van der Waals surface area (Å²) < 4.78 is 0. The Balaban J connectivity index is 1.35. The van der Waals surface area contributed by atoms with Gasteiger partial charge in [0.15, 0.2) is 0 Å². The van der Waals surface area contributed by atoms with Crippen molar-refractivity contribution in [3.8, 4) is 0 Å². The maximum atomic E-state index is 12.8. The van der Waals surface area contributed by atoms with E-state index in [1.54, 1.807) is 0 Å². The van der Waals surface area contributed by atoms with Crippen LogP contribution in [0.4, 0.5) is 0 Å². The summed E-state index contributed by atoms with van der Waals surface area (Å²) in [7, 11) is 2.14. The summed E-state index contributed by atoms with van der Waals surface area (Å²) in [6.45, 7) is 7.28. The minimum atomic E-state index is 0.298. The number of carbonyl (C=O) groups is 2. The molecule has 2 unspecified atom stereocenters. The number of hydrogen-bond acceptors (Lipinski definition) is 4. The van der Waals surface area contributed by atoms with E-state index in [1.807, 2.05) is 0 Å². The Morgan fingerprint density at radius 1 is 1.08 bits per heavy atom. The molecular weight excluding hydrogens is 316 g/mol. The fraction of sp³-hybridized carbons (Fsp3) is 0.895. The lowest BCUT2D eigenvalue weighted by atomic mass is 9.76. The lowest BCUT2D eigenvalue weighted by Crippen LogP contribution is -2.61. The third-order valence-electron chi connectivity index (χ3n) is 6.69. The summed E-state index contributed by atoms with van der Waals surface area (Å²) >= 11 is 0. The molecule has 0 aromatic carbocycles. The molecule has 0 radical (unpaired) electrons. The quantitative estimate of drug-likeness (QED) is 0.728. The molecule has 4 saturated heterocycles. The first-order chi connectivity index (χ1) is 12.1. The molecule has 6 heteroatoms. The molecule has 0 saturated carbocycles. The third kappa shape index (κ3) is 3.70. The van der Waals surface area contributed by atoms with E-state index < -0.39 is 0 Å². The van der Waals surface area contributed by atoms with E-state index in [4.69, 9.17) is 0 Å². The average Bonchev–Trinajstić information content (AvgIpc) is 2.80. The Morgan fingerprint density at radius 3 is 2.84 bits per heavy atom. The van der Waals surface area contributed by atoms with Crippen LogP contribution in [0.5, 0.6) is 0 Å². The second-order valence-corrected chi connectivity index (χ2v) is 8.60. The van der Waals surface area contributed by atoms with Crippen LogP contribution in [0.25, 0.3) is 0 Å². The van der Waals surface area contributed by atoms with Crippen molar-refractivity contribution in [2.75, 3.05) is 59.4 Å². The fourth-order valence-corrected chi connectivity index (χ4v) is 5.43. The van der Waals surface area contributed by atoms with Crippen molar-refractivity contribution in [1.29, 1.82) is 0 Å². The zero-order valence-corrected chi connectivity index (χ0v) is 15.5. The normalized spacial score (nSPS) is 34.6. The van der Waals surface area contributed by atoms with Crippen LogP contribution >= 0.6 is 0 Å². The van der Waals surface area contributed by atoms with E-state index >= 15 is 0 Å². The summed E-state index contributed by atoms with van der Waals surface area (Å²) in [5.41, 5.74) is 0. The molecule has 3 atom stereocenters. The number of likely N-dealkylation sites (tertiary alicyclic amines) is 1. The zero-order valence-electron chi connectivity index (χ0n) is 15.5. The van der Waals surface area contributed by atoms with Crippen molar-refractivity contribution >= 4 is 11.8 Å². The molecule has 0 aromatic rings. The molecule has 4 aliphatic heterocycles. The Bertz CT molecular complexity index is 526. The van der Waals surface area contributed by atoms with Crippen molar-refractivity contribution < 1.29 is 9.59 Å². The first kappa shape index (κ1) is 17.3. The molecule has 4 heterocycles. The maximum absolute atomic E-state index is 12.8. The Hall–Kier alpha value is -1.14. The number of nitrogens with zero attached hydrogens (tertiary/aromatic N) is 4. The molecule has 4 aliphatic rings. The predicted octanol–water partition coefficient (Wildman–Crippen LogP) is 0.483. The summed E-state index contributed by atoms with van der Waals surface area (Å²) in [5.74, 6) is 1.79. The van der Waals surface area contributed by atoms with Crippen molar-refractivity contribution in [3.05, 3.63) is 0 Å². The Kier molecular flexibility index (Phi) is 5.00. The van der Waals surface area contributed by atoms with Crippen molar-refractivity contribution in [2.24, 2.45) is 11.8 Å². The number of piperidine rings is 3. The van der Waals surface area contributed by atoms with E-state index in [0.717, 1.165) is 71.5 Å². The van der Waals surface area contributed by atoms with Crippen LogP contribution in [0.3, 0.4) is 0 Å². The number of hydrogen-bond donors (Lipinski definition) is 0. The van der Waals surface area contributed by atoms with E-state index in [-0.39, 0.29) is 0 Å². The zero-order chi connectivity index (χ0) is 17.4. The highest BCUT2D eigenvalue weighted by atomic mass is 16.2. The molecule has 0 N–H and O–H groups in total. The second kappa shape index (κ2) is 7.23. The second-order valence-electron chi connectivity index (χ2n) is 8.60. The van der Waals surface area contributed by atoms with Gasteiger partial charge in [-0.3, -0.25) is 14.5 Å². The summed E-state index contributed by atoms with van der Waals surface area (Å²) in [5, 5.41) is 0. The van der Waals surface area contributed by atoms with E-state index in [2.05, 4.69) is 26.6 Å². The molecule has 0 spiro atoms. The topological polar surface area (TPSA) is 47.1 Å². The molecule has 6 nitrogen and oxygen atoms in total. The van der Waals surface area contributed by atoms with Crippen LogP contribution < -0.4 is 0 Å². The standard InChI is InChI=1S/C19H32N4O2/c1-20-6-3-7-22(9-8-20)19(25)14-21-11-15-10-16(13-21)17-4-2-5-18(24)23(17)12-15/h15-17H,2-14H2,1H3/t15?,16?,17-/m1/s1. The van der Waals surface area contributed by atoms with Crippen molar-refractivity contribution in [2.45, 2.75) is 38.1 Å². The molecular formula is C19H32N4O2. The highest BCUT2D eigenvalue weighted by molar-refractivity contribution is 5.78. The van der Waals surface area contributed by atoms with Gasteiger partial charge in [-0.05, 0) is 51.1 Å². The van der Waals surface area contributed by atoms with Gasteiger partial charge in [0.05, 0.1) is 6.54 Å². The van der Waals surface area contributed by atoms with Gasteiger partial charge < -0.3 is 14.7 Å². The minimum Gasteiger partial charge on any atom is -0.340 e. The highest BCUT2D eigenvalue weighted by Crippen LogP contribution is 2.37. The number of amides is 2. The SMILES string of the molecule is CN1CCCN(C(=O)CN2CC3CC(C2)[C@H]2CCCC(=O)N2C3)CC1. The van der Waals surface area contributed by atoms with Crippen LogP contribution in [0.2, 0.25) is 0 Å². The lowest BCUT2D eigenvalue weighted by molar-refractivity contribution is -0.146. The van der Waals surface area contributed by atoms with Crippen molar-refractivity contribution in [1.82, 2.24) is 19.6 Å². The van der Waals surface area contributed by atoms with Gasteiger partial charge in [0.25, 0.3) is 0 Å². The Labute approximate surface area is 151 Å².